The van der Waals surface area contributed by atoms with Gasteiger partial charge in [0, 0.05) is 12.6 Å². The summed E-state index contributed by atoms with van der Waals surface area (Å²) in [4.78, 5) is 7.90. The third-order valence-electron chi connectivity index (χ3n) is 2.61. The van der Waals surface area contributed by atoms with Gasteiger partial charge in [-0.05, 0) is 28.8 Å². The zero-order chi connectivity index (χ0) is 11.6. The van der Waals surface area contributed by atoms with Crippen LogP contribution in [0.5, 0.6) is 0 Å². The van der Waals surface area contributed by atoms with Gasteiger partial charge >= 0.3 is 0 Å². The SMILES string of the molecule is O=S1(=O)CCCC1CNc1cc(Br)ncn1. The van der Waals surface area contributed by atoms with Crippen molar-refractivity contribution in [1.29, 1.82) is 0 Å². The number of hydrogen-bond acceptors (Lipinski definition) is 5. The van der Waals surface area contributed by atoms with Crippen molar-refractivity contribution in [3.8, 4) is 0 Å². The Hall–Kier alpha value is -0.690. The number of halogens is 1. The monoisotopic (exact) mass is 305 g/mol. The third-order valence-corrected chi connectivity index (χ3v) is 5.32. The van der Waals surface area contributed by atoms with Crippen molar-refractivity contribution in [3.05, 3.63) is 17.0 Å². The van der Waals surface area contributed by atoms with Crippen LogP contribution in [0, 0.1) is 0 Å². The summed E-state index contributed by atoms with van der Waals surface area (Å²) in [5, 5.41) is 2.75. The minimum absolute atomic E-state index is 0.277. The molecule has 16 heavy (non-hydrogen) atoms. The van der Waals surface area contributed by atoms with E-state index in [2.05, 4.69) is 31.2 Å². The highest BCUT2D eigenvalue weighted by atomic mass is 79.9. The molecule has 0 saturated carbocycles. The number of sulfone groups is 1. The van der Waals surface area contributed by atoms with Crippen LogP contribution in [-0.4, -0.2) is 35.9 Å². The molecule has 1 aliphatic heterocycles. The van der Waals surface area contributed by atoms with Crippen molar-refractivity contribution < 1.29 is 8.42 Å². The molecule has 1 aliphatic rings. The van der Waals surface area contributed by atoms with Gasteiger partial charge in [-0.3, -0.25) is 0 Å². The van der Waals surface area contributed by atoms with Crippen LogP contribution >= 0.6 is 15.9 Å². The van der Waals surface area contributed by atoms with E-state index in [1.807, 2.05) is 0 Å². The average Bonchev–Trinajstić information content (AvgIpc) is 2.55. The second-order valence-corrected chi connectivity index (χ2v) is 6.95. The first-order chi connectivity index (χ1) is 7.58. The summed E-state index contributed by atoms with van der Waals surface area (Å²) < 4.78 is 23.8. The second-order valence-electron chi connectivity index (χ2n) is 3.74. The molecule has 0 bridgehead atoms. The molecule has 7 heteroatoms. The van der Waals surface area contributed by atoms with E-state index in [1.165, 1.54) is 6.33 Å². The minimum atomic E-state index is -2.88. The summed E-state index contributed by atoms with van der Waals surface area (Å²) in [6.07, 6.45) is 2.93. The number of anilines is 1. The maximum atomic E-state index is 11.6. The van der Waals surface area contributed by atoms with Crippen LogP contribution in [0.25, 0.3) is 0 Å². The highest BCUT2D eigenvalue weighted by Crippen LogP contribution is 2.20. The summed E-state index contributed by atoms with van der Waals surface area (Å²) >= 11 is 3.23. The lowest BCUT2D eigenvalue weighted by molar-refractivity contribution is 0.591. The van der Waals surface area contributed by atoms with Crippen molar-refractivity contribution in [3.63, 3.8) is 0 Å². The first-order valence-electron chi connectivity index (χ1n) is 5.01. The fourth-order valence-corrected chi connectivity index (χ4v) is 3.81. The smallest absolute Gasteiger partial charge is 0.154 e. The Morgan fingerprint density at radius 1 is 1.50 bits per heavy atom. The van der Waals surface area contributed by atoms with E-state index >= 15 is 0 Å². The molecule has 1 fully saturated rings. The number of aromatic nitrogens is 2. The molecule has 0 amide bonds. The van der Waals surface area contributed by atoms with Crippen molar-refractivity contribution in [2.45, 2.75) is 18.1 Å². The van der Waals surface area contributed by atoms with Crippen LogP contribution in [0.4, 0.5) is 5.82 Å². The largest absolute Gasteiger partial charge is 0.369 e. The summed E-state index contributed by atoms with van der Waals surface area (Å²) in [5.41, 5.74) is 0. The summed E-state index contributed by atoms with van der Waals surface area (Å²) in [6.45, 7) is 0.422. The first kappa shape index (κ1) is 11.8. The van der Waals surface area contributed by atoms with Crippen LogP contribution < -0.4 is 5.32 Å². The number of hydrogen-bond donors (Lipinski definition) is 1. The Labute approximate surface area is 103 Å². The number of rotatable bonds is 3. The van der Waals surface area contributed by atoms with Gasteiger partial charge in [-0.15, -0.1) is 0 Å². The Balaban J connectivity index is 1.98. The quantitative estimate of drug-likeness (QED) is 0.850. The fraction of sp³-hybridized carbons (Fsp3) is 0.556. The van der Waals surface area contributed by atoms with Crippen molar-refractivity contribution in [2.24, 2.45) is 0 Å². The molecule has 2 heterocycles. The summed E-state index contributed by atoms with van der Waals surface area (Å²) in [7, 11) is -2.88. The maximum absolute atomic E-state index is 11.6. The van der Waals surface area contributed by atoms with Crippen LogP contribution in [0.1, 0.15) is 12.8 Å². The third kappa shape index (κ3) is 2.70. The van der Waals surface area contributed by atoms with E-state index in [4.69, 9.17) is 0 Å². The van der Waals surface area contributed by atoms with Crippen molar-refractivity contribution >= 4 is 31.6 Å². The predicted molar refractivity (Wildman–Crippen MR) is 65.0 cm³/mol. The molecule has 1 saturated heterocycles. The predicted octanol–water partition coefficient (Wildman–Crippen LogP) is 1.23. The Kier molecular flexibility index (Phi) is 3.44. The van der Waals surface area contributed by atoms with E-state index in [9.17, 15) is 8.42 Å². The first-order valence-corrected chi connectivity index (χ1v) is 7.52. The molecule has 2 rings (SSSR count). The Bertz CT molecular complexity index is 477. The van der Waals surface area contributed by atoms with Crippen molar-refractivity contribution in [2.75, 3.05) is 17.6 Å². The topological polar surface area (TPSA) is 72.0 Å². The number of nitrogens with one attached hydrogen (secondary N) is 1. The van der Waals surface area contributed by atoms with Gasteiger partial charge in [0.25, 0.3) is 0 Å². The number of nitrogens with zero attached hydrogens (tertiary/aromatic N) is 2. The van der Waals surface area contributed by atoms with Gasteiger partial charge in [-0.2, -0.15) is 0 Å². The van der Waals surface area contributed by atoms with E-state index in [1.54, 1.807) is 6.07 Å². The zero-order valence-corrected chi connectivity index (χ0v) is 11.0. The van der Waals surface area contributed by atoms with Gasteiger partial charge in [0.1, 0.15) is 16.7 Å². The molecule has 0 radical (unpaired) electrons. The summed E-state index contributed by atoms with van der Waals surface area (Å²) in [5.74, 6) is 0.955. The molecular weight excluding hydrogens is 294 g/mol. The van der Waals surface area contributed by atoms with Crippen LogP contribution in [-0.2, 0) is 9.84 Å². The van der Waals surface area contributed by atoms with Crippen LogP contribution in [0.15, 0.2) is 17.0 Å². The average molecular weight is 306 g/mol. The molecule has 1 atom stereocenters. The molecule has 5 nitrogen and oxygen atoms in total. The molecule has 88 valence electrons. The molecule has 1 aromatic rings. The molecule has 1 aromatic heterocycles. The summed E-state index contributed by atoms with van der Waals surface area (Å²) in [6, 6.07) is 1.72. The second kappa shape index (κ2) is 4.67. The van der Waals surface area contributed by atoms with E-state index < -0.39 is 9.84 Å². The van der Waals surface area contributed by atoms with Crippen LogP contribution in [0.2, 0.25) is 0 Å². The van der Waals surface area contributed by atoms with E-state index in [-0.39, 0.29) is 5.25 Å². The van der Waals surface area contributed by atoms with Gasteiger partial charge in [-0.25, -0.2) is 18.4 Å². The highest BCUT2D eigenvalue weighted by molar-refractivity contribution is 9.10. The Morgan fingerprint density at radius 3 is 2.94 bits per heavy atom. The van der Waals surface area contributed by atoms with Gasteiger partial charge in [0.2, 0.25) is 0 Å². The molecular formula is C9H12BrN3O2S. The molecule has 0 spiro atoms. The fourth-order valence-electron chi connectivity index (χ4n) is 1.74. The van der Waals surface area contributed by atoms with Gasteiger partial charge in [0.15, 0.2) is 9.84 Å². The van der Waals surface area contributed by atoms with Gasteiger partial charge in [0.05, 0.1) is 11.0 Å². The van der Waals surface area contributed by atoms with Gasteiger partial charge < -0.3 is 5.32 Å². The maximum Gasteiger partial charge on any atom is 0.154 e. The molecule has 0 aromatic carbocycles. The van der Waals surface area contributed by atoms with E-state index in [0.717, 1.165) is 12.8 Å². The molecule has 1 N–H and O–H groups in total. The Morgan fingerprint density at radius 2 is 2.31 bits per heavy atom. The highest BCUT2D eigenvalue weighted by Gasteiger charge is 2.30. The lowest BCUT2D eigenvalue weighted by atomic mass is 10.2. The minimum Gasteiger partial charge on any atom is -0.369 e. The van der Waals surface area contributed by atoms with Crippen LogP contribution in [0.3, 0.4) is 0 Å². The lowest BCUT2D eigenvalue weighted by Gasteiger charge is -2.10. The standard InChI is InChI=1S/C9H12BrN3O2S/c10-8-4-9(13-6-12-8)11-5-7-2-1-3-16(7,14)15/h4,6-7H,1-3,5H2,(H,11,12,13). The molecule has 0 aliphatic carbocycles. The van der Waals surface area contributed by atoms with Gasteiger partial charge in [-0.1, -0.05) is 0 Å². The zero-order valence-electron chi connectivity index (χ0n) is 8.56. The van der Waals surface area contributed by atoms with E-state index in [0.29, 0.717) is 22.7 Å². The normalized spacial score (nSPS) is 23.2. The molecule has 1 unspecified atom stereocenters. The van der Waals surface area contributed by atoms with Crippen molar-refractivity contribution in [1.82, 2.24) is 9.97 Å². The lowest BCUT2D eigenvalue weighted by Crippen LogP contribution is -2.25.